The fourth-order valence-electron chi connectivity index (χ4n) is 1.72. The van der Waals surface area contributed by atoms with Crippen molar-refractivity contribution >= 4 is 40.5 Å². The third kappa shape index (κ3) is 3.05. The van der Waals surface area contributed by atoms with Crippen molar-refractivity contribution in [3.05, 3.63) is 56.2 Å². The SMILES string of the molecule is O=C(O)[C@H](Cc1ccc(Cl)c(Cl)c1)c1ccsc1. The Morgan fingerprint density at radius 3 is 2.61 bits per heavy atom. The number of halogens is 2. The smallest absolute Gasteiger partial charge is 0.311 e. The van der Waals surface area contributed by atoms with E-state index in [-0.39, 0.29) is 0 Å². The summed E-state index contributed by atoms with van der Waals surface area (Å²) in [4.78, 5) is 11.3. The highest BCUT2D eigenvalue weighted by Crippen LogP contribution is 2.27. The van der Waals surface area contributed by atoms with E-state index in [1.54, 1.807) is 18.2 Å². The Labute approximate surface area is 119 Å². The molecule has 18 heavy (non-hydrogen) atoms. The molecule has 0 saturated heterocycles. The zero-order valence-corrected chi connectivity index (χ0v) is 11.6. The molecule has 2 nitrogen and oxygen atoms in total. The lowest BCUT2D eigenvalue weighted by Crippen LogP contribution is -2.13. The van der Waals surface area contributed by atoms with E-state index in [9.17, 15) is 9.90 Å². The van der Waals surface area contributed by atoms with Crippen LogP contribution >= 0.6 is 34.5 Å². The number of rotatable bonds is 4. The first kappa shape index (κ1) is 13.4. The second kappa shape index (κ2) is 5.74. The van der Waals surface area contributed by atoms with Crippen LogP contribution < -0.4 is 0 Å². The van der Waals surface area contributed by atoms with Crippen LogP contribution in [0.2, 0.25) is 10.0 Å². The van der Waals surface area contributed by atoms with E-state index in [2.05, 4.69) is 0 Å². The van der Waals surface area contributed by atoms with Crippen molar-refractivity contribution in [3.8, 4) is 0 Å². The molecule has 0 unspecified atom stereocenters. The summed E-state index contributed by atoms with van der Waals surface area (Å²) < 4.78 is 0. The Morgan fingerprint density at radius 1 is 1.28 bits per heavy atom. The molecule has 1 aromatic heterocycles. The molecule has 0 spiro atoms. The monoisotopic (exact) mass is 300 g/mol. The molecule has 94 valence electrons. The van der Waals surface area contributed by atoms with Gasteiger partial charge in [-0.2, -0.15) is 11.3 Å². The minimum atomic E-state index is -0.834. The van der Waals surface area contributed by atoms with Gasteiger partial charge in [-0.25, -0.2) is 0 Å². The fourth-order valence-corrected chi connectivity index (χ4v) is 2.76. The Bertz CT molecular complexity index is 552. The van der Waals surface area contributed by atoms with Crippen molar-refractivity contribution in [2.45, 2.75) is 12.3 Å². The maximum atomic E-state index is 11.3. The van der Waals surface area contributed by atoms with Crippen molar-refractivity contribution in [1.29, 1.82) is 0 Å². The molecule has 2 rings (SSSR count). The number of aliphatic carboxylic acids is 1. The van der Waals surface area contributed by atoms with E-state index in [0.717, 1.165) is 11.1 Å². The second-order valence-electron chi connectivity index (χ2n) is 3.90. The molecule has 0 aliphatic carbocycles. The predicted molar refractivity (Wildman–Crippen MR) is 74.9 cm³/mol. The van der Waals surface area contributed by atoms with Crippen LogP contribution in [0.15, 0.2) is 35.0 Å². The molecule has 2 aromatic rings. The number of carboxylic acid groups (broad SMARTS) is 1. The lowest BCUT2D eigenvalue weighted by Gasteiger charge is -2.11. The van der Waals surface area contributed by atoms with Gasteiger partial charge in [0, 0.05) is 0 Å². The molecule has 0 aliphatic rings. The highest BCUT2D eigenvalue weighted by Gasteiger charge is 2.20. The lowest BCUT2D eigenvalue weighted by atomic mass is 9.94. The van der Waals surface area contributed by atoms with Crippen LogP contribution in [0.1, 0.15) is 17.0 Å². The van der Waals surface area contributed by atoms with Gasteiger partial charge in [0.05, 0.1) is 16.0 Å². The summed E-state index contributed by atoms with van der Waals surface area (Å²) in [6, 6.07) is 7.04. The summed E-state index contributed by atoms with van der Waals surface area (Å²) >= 11 is 13.2. The summed E-state index contributed by atoms with van der Waals surface area (Å²) in [6.45, 7) is 0. The summed E-state index contributed by atoms with van der Waals surface area (Å²) in [6.07, 6.45) is 0.406. The van der Waals surface area contributed by atoms with Crippen LogP contribution in [-0.4, -0.2) is 11.1 Å². The minimum absolute atomic E-state index is 0.406. The van der Waals surface area contributed by atoms with Gasteiger partial charge in [0.15, 0.2) is 0 Å². The summed E-state index contributed by atoms with van der Waals surface area (Å²) in [5, 5.41) is 13.9. The van der Waals surface area contributed by atoms with Gasteiger partial charge in [-0.1, -0.05) is 29.3 Å². The number of hydrogen-bond donors (Lipinski definition) is 1. The van der Waals surface area contributed by atoms with Gasteiger partial charge >= 0.3 is 5.97 Å². The Morgan fingerprint density at radius 2 is 2.06 bits per heavy atom. The minimum Gasteiger partial charge on any atom is -0.481 e. The first-order valence-electron chi connectivity index (χ1n) is 5.26. The molecule has 1 aromatic carbocycles. The van der Waals surface area contributed by atoms with Crippen LogP contribution in [0.3, 0.4) is 0 Å². The van der Waals surface area contributed by atoms with Crippen molar-refractivity contribution in [2.24, 2.45) is 0 Å². The Kier molecular flexibility index (Phi) is 4.27. The fraction of sp³-hybridized carbons (Fsp3) is 0.154. The third-order valence-corrected chi connectivity index (χ3v) is 4.11. The van der Waals surface area contributed by atoms with Gasteiger partial charge in [-0.05, 0) is 46.5 Å². The molecule has 0 bridgehead atoms. The third-order valence-electron chi connectivity index (χ3n) is 2.67. The lowest BCUT2D eigenvalue weighted by molar-refractivity contribution is -0.138. The van der Waals surface area contributed by atoms with E-state index in [4.69, 9.17) is 23.2 Å². The summed E-state index contributed by atoms with van der Waals surface area (Å²) in [5.74, 6) is -1.38. The quantitative estimate of drug-likeness (QED) is 0.905. The van der Waals surface area contributed by atoms with Crippen molar-refractivity contribution in [3.63, 3.8) is 0 Å². The van der Waals surface area contributed by atoms with Gasteiger partial charge in [-0.3, -0.25) is 4.79 Å². The molecular formula is C13H10Cl2O2S. The summed E-state index contributed by atoms with van der Waals surface area (Å²) in [5.41, 5.74) is 1.68. The van der Waals surface area contributed by atoms with Crippen molar-refractivity contribution in [2.75, 3.05) is 0 Å². The largest absolute Gasteiger partial charge is 0.481 e. The topological polar surface area (TPSA) is 37.3 Å². The molecule has 0 fully saturated rings. The standard InChI is InChI=1S/C13H10Cl2O2S/c14-11-2-1-8(6-12(11)15)5-10(13(16)17)9-3-4-18-7-9/h1-4,6-7,10H,5H2,(H,16,17)/t10-/m1/s1. The van der Waals surface area contributed by atoms with Gasteiger partial charge in [-0.15, -0.1) is 0 Å². The molecule has 0 amide bonds. The number of benzene rings is 1. The molecule has 5 heteroatoms. The normalized spacial score (nSPS) is 12.3. The van der Waals surface area contributed by atoms with Gasteiger partial charge in [0.2, 0.25) is 0 Å². The number of carbonyl (C=O) groups is 1. The maximum absolute atomic E-state index is 11.3. The molecule has 1 heterocycles. The first-order chi connectivity index (χ1) is 8.58. The van der Waals surface area contributed by atoms with Crippen LogP contribution in [0.25, 0.3) is 0 Å². The van der Waals surface area contributed by atoms with E-state index in [1.165, 1.54) is 11.3 Å². The van der Waals surface area contributed by atoms with Gasteiger partial charge < -0.3 is 5.11 Å². The first-order valence-corrected chi connectivity index (χ1v) is 6.96. The average molecular weight is 301 g/mol. The van der Waals surface area contributed by atoms with Crippen LogP contribution in [0, 0.1) is 0 Å². The van der Waals surface area contributed by atoms with Crippen LogP contribution in [-0.2, 0) is 11.2 Å². The maximum Gasteiger partial charge on any atom is 0.311 e. The van der Waals surface area contributed by atoms with Crippen LogP contribution in [0.4, 0.5) is 0 Å². The Balaban J connectivity index is 2.24. The Hall–Kier alpha value is -1.03. The van der Waals surface area contributed by atoms with Crippen LogP contribution in [0.5, 0.6) is 0 Å². The predicted octanol–water partition coefficient (Wildman–Crippen LogP) is 4.47. The molecule has 0 aliphatic heterocycles. The number of carboxylic acids is 1. The zero-order chi connectivity index (χ0) is 13.1. The van der Waals surface area contributed by atoms with E-state index >= 15 is 0 Å². The molecule has 1 N–H and O–H groups in total. The van der Waals surface area contributed by atoms with E-state index < -0.39 is 11.9 Å². The zero-order valence-electron chi connectivity index (χ0n) is 9.27. The van der Waals surface area contributed by atoms with E-state index in [1.807, 2.05) is 16.8 Å². The highest BCUT2D eigenvalue weighted by molar-refractivity contribution is 7.08. The van der Waals surface area contributed by atoms with Crippen molar-refractivity contribution < 1.29 is 9.90 Å². The molecule has 0 radical (unpaired) electrons. The van der Waals surface area contributed by atoms with E-state index in [0.29, 0.717) is 16.5 Å². The molecule has 0 saturated carbocycles. The average Bonchev–Trinajstić information content (AvgIpc) is 2.83. The van der Waals surface area contributed by atoms with Gasteiger partial charge in [0.1, 0.15) is 0 Å². The van der Waals surface area contributed by atoms with Crippen molar-refractivity contribution in [1.82, 2.24) is 0 Å². The molecular weight excluding hydrogens is 291 g/mol. The number of thiophene rings is 1. The number of hydrogen-bond acceptors (Lipinski definition) is 2. The summed E-state index contributed by atoms with van der Waals surface area (Å²) in [7, 11) is 0. The molecule has 1 atom stereocenters. The van der Waals surface area contributed by atoms with Gasteiger partial charge in [0.25, 0.3) is 0 Å². The second-order valence-corrected chi connectivity index (χ2v) is 5.49. The highest BCUT2D eigenvalue weighted by atomic mass is 35.5.